The van der Waals surface area contributed by atoms with Gasteiger partial charge in [-0.2, -0.15) is 17.2 Å². The fourth-order valence-electron chi connectivity index (χ4n) is 8.35. The van der Waals surface area contributed by atoms with Crippen molar-refractivity contribution >= 4 is 43.6 Å². The average molecular weight is 891 g/mol. The number of nitrogens with zero attached hydrogens (tertiary/aromatic N) is 5. The summed E-state index contributed by atoms with van der Waals surface area (Å²) >= 11 is 0. The molecule has 4 aromatic heterocycles. The van der Waals surface area contributed by atoms with Crippen molar-refractivity contribution in [1.82, 2.24) is 23.9 Å². The topological polar surface area (TPSA) is 49.8 Å². The largest absolute Gasteiger partial charge is 2.00 e. The van der Waals surface area contributed by atoms with Gasteiger partial charge in [-0.1, -0.05) is 87.0 Å². The predicted octanol–water partition coefficient (Wildman–Crippen LogP) is 11.8. The van der Waals surface area contributed by atoms with Crippen LogP contribution in [-0.4, -0.2) is 23.9 Å². The molecule has 0 amide bonds. The number of pyridine rings is 1. The first-order valence-corrected chi connectivity index (χ1v) is 18.3. The van der Waals surface area contributed by atoms with Gasteiger partial charge >= 0.3 is 21.1 Å². The molecule has 0 saturated carbocycles. The van der Waals surface area contributed by atoms with Crippen LogP contribution in [0.5, 0.6) is 11.5 Å². The fraction of sp³-hybridized carbons (Fsp3) is 0.0833. The Balaban J connectivity index is 0.00000372. The van der Waals surface area contributed by atoms with Gasteiger partial charge in [0.2, 0.25) is 0 Å². The van der Waals surface area contributed by atoms with Gasteiger partial charge in [0.1, 0.15) is 5.82 Å². The van der Waals surface area contributed by atoms with Crippen molar-refractivity contribution in [3.05, 3.63) is 164 Å². The van der Waals surface area contributed by atoms with Crippen LogP contribution in [0.15, 0.2) is 146 Å². The Morgan fingerprint density at radius 3 is 2.25 bits per heavy atom. The maximum Gasteiger partial charge on any atom is 2.00 e. The van der Waals surface area contributed by atoms with E-state index in [1.165, 1.54) is 49.6 Å². The van der Waals surface area contributed by atoms with Crippen molar-refractivity contribution in [1.29, 1.82) is 0 Å². The van der Waals surface area contributed by atoms with E-state index in [2.05, 4.69) is 144 Å². The fourth-order valence-corrected chi connectivity index (χ4v) is 8.35. The number of aromatic nitrogens is 5. The molecule has 7 heteroatoms. The number of benzene rings is 6. The van der Waals surface area contributed by atoms with Crippen LogP contribution in [0.25, 0.3) is 83.1 Å². The number of hydrogen-bond acceptors (Lipinski definition) is 3. The van der Waals surface area contributed by atoms with Crippen LogP contribution in [0.1, 0.15) is 26.3 Å². The first kappa shape index (κ1) is 33.3. The molecular formula is C48H33N5OPt. The van der Waals surface area contributed by atoms with Crippen LogP contribution in [-0.2, 0) is 26.5 Å². The minimum Gasteiger partial charge on any atom is -0.509 e. The standard InChI is InChI=1S/C48H33N5O.Pt/c1-48(2,3)30-23-25-49-44(27-30)52-41-21-22-42-45(36-15-5-4-13-34(36)37-16-9-17-38-35-14-6-7-18-40(35)53(42)47(37)38)46(41)39-20-19-33(29-43(39)52)54-32-12-8-11-31(28-32)51-26-10-24-50-51;/h4-27H,1-3H3;/q-2;+2. The third kappa shape index (κ3) is 5.05. The Morgan fingerprint density at radius 2 is 1.40 bits per heavy atom. The van der Waals surface area contributed by atoms with Crippen molar-refractivity contribution < 1.29 is 25.8 Å². The van der Waals surface area contributed by atoms with E-state index in [1.807, 2.05) is 42.7 Å². The first-order valence-electron chi connectivity index (χ1n) is 18.3. The summed E-state index contributed by atoms with van der Waals surface area (Å²) < 4.78 is 13.0. The third-order valence-electron chi connectivity index (χ3n) is 10.8. The monoisotopic (exact) mass is 890 g/mol. The minimum absolute atomic E-state index is 0. The quantitative estimate of drug-likeness (QED) is 0.165. The van der Waals surface area contributed by atoms with E-state index in [9.17, 15) is 0 Å². The molecule has 5 heterocycles. The SMILES string of the molecule is CC(C)(C)c1ccnc(-n2c3[c-]c(Oc4[c-]c(-n5cccn5)ccc4)ccc3c3c4c(ccc32)-n2c3ccccc3c3cccc(c32)-c2ccccc2-4)c1.[Pt+2]. The van der Waals surface area contributed by atoms with E-state index in [0.717, 1.165) is 39.0 Å². The van der Waals surface area contributed by atoms with E-state index in [1.54, 1.807) is 10.9 Å². The van der Waals surface area contributed by atoms with E-state index in [-0.39, 0.29) is 26.5 Å². The Hall–Kier alpha value is -6.23. The van der Waals surface area contributed by atoms with Crippen LogP contribution in [0.2, 0.25) is 0 Å². The summed E-state index contributed by atoms with van der Waals surface area (Å²) in [5.74, 6) is 2.00. The van der Waals surface area contributed by atoms with E-state index in [4.69, 9.17) is 9.72 Å². The summed E-state index contributed by atoms with van der Waals surface area (Å²) in [4.78, 5) is 5.00. The maximum absolute atomic E-state index is 6.51. The second kappa shape index (κ2) is 12.4. The molecule has 6 nitrogen and oxygen atoms in total. The van der Waals surface area contributed by atoms with Gasteiger partial charge in [0.25, 0.3) is 0 Å². The van der Waals surface area contributed by atoms with Gasteiger partial charge in [0.15, 0.2) is 0 Å². The molecule has 0 aliphatic carbocycles. The van der Waals surface area contributed by atoms with Gasteiger partial charge in [-0.3, -0.25) is 4.68 Å². The summed E-state index contributed by atoms with van der Waals surface area (Å²) in [5, 5.41) is 9.08. The van der Waals surface area contributed by atoms with Crippen LogP contribution in [0.3, 0.4) is 0 Å². The normalized spacial score (nSPS) is 12.1. The molecule has 0 radical (unpaired) electrons. The number of rotatable bonds is 4. The zero-order chi connectivity index (χ0) is 36.1. The van der Waals surface area contributed by atoms with Crippen molar-refractivity contribution in [3.63, 3.8) is 0 Å². The molecule has 0 fully saturated rings. The molecular weight excluding hydrogens is 858 g/mol. The molecule has 1 aliphatic rings. The zero-order valence-corrected chi connectivity index (χ0v) is 32.6. The Kier molecular flexibility index (Phi) is 7.52. The smallest absolute Gasteiger partial charge is 0.509 e. The van der Waals surface area contributed by atoms with Crippen LogP contribution in [0, 0.1) is 12.1 Å². The van der Waals surface area contributed by atoms with Gasteiger partial charge in [-0.15, -0.1) is 35.7 Å². The Labute approximate surface area is 332 Å². The molecule has 0 unspecified atom stereocenters. The average Bonchev–Trinajstić information content (AvgIpc) is 3.91. The van der Waals surface area contributed by atoms with Gasteiger partial charge in [0, 0.05) is 57.5 Å². The van der Waals surface area contributed by atoms with Gasteiger partial charge in [-0.05, 0) is 69.6 Å². The summed E-state index contributed by atoms with van der Waals surface area (Å²) in [6, 6.07) is 52.1. The van der Waals surface area contributed by atoms with E-state index in [0.29, 0.717) is 11.5 Å². The number of hydrogen-bond donors (Lipinski definition) is 0. The maximum atomic E-state index is 6.51. The Bertz CT molecular complexity index is 3130. The summed E-state index contributed by atoms with van der Waals surface area (Å²) in [5.41, 5.74) is 12.2. The number of ether oxygens (including phenoxy) is 1. The van der Waals surface area contributed by atoms with Gasteiger partial charge in [-0.25, -0.2) is 4.98 Å². The molecule has 6 aromatic carbocycles. The molecule has 55 heavy (non-hydrogen) atoms. The molecule has 10 aromatic rings. The summed E-state index contributed by atoms with van der Waals surface area (Å²) in [6.07, 6.45) is 5.57. The van der Waals surface area contributed by atoms with Crippen LogP contribution < -0.4 is 4.74 Å². The molecule has 0 atom stereocenters. The van der Waals surface area contributed by atoms with E-state index < -0.39 is 0 Å². The molecule has 1 aliphatic heterocycles. The zero-order valence-electron chi connectivity index (χ0n) is 30.3. The summed E-state index contributed by atoms with van der Waals surface area (Å²) in [7, 11) is 0. The molecule has 11 rings (SSSR count). The molecule has 266 valence electrons. The first-order chi connectivity index (χ1) is 26.4. The molecule has 0 saturated heterocycles. The predicted molar refractivity (Wildman–Crippen MR) is 217 cm³/mol. The molecule has 0 bridgehead atoms. The minimum atomic E-state index is -0.0630. The Morgan fingerprint density at radius 1 is 0.618 bits per heavy atom. The van der Waals surface area contributed by atoms with Crippen molar-refractivity contribution in [2.45, 2.75) is 26.2 Å². The second-order valence-corrected chi connectivity index (χ2v) is 15.0. The summed E-state index contributed by atoms with van der Waals surface area (Å²) in [6.45, 7) is 6.71. The van der Waals surface area contributed by atoms with Gasteiger partial charge in [0.05, 0.1) is 16.7 Å². The van der Waals surface area contributed by atoms with E-state index >= 15 is 0 Å². The number of para-hydroxylation sites is 2. The van der Waals surface area contributed by atoms with Crippen LogP contribution in [0.4, 0.5) is 0 Å². The van der Waals surface area contributed by atoms with Crippen LogP contribution >= 0.6 is 0 Å². The number of fused-ring (bicyclic) bond motifs is 12. The van der Waals surface area contributed by atoms with Crippen molar-refractivity contribution in [2.75, 3.05) is 0 Å². The molecule has 0 N–H and O–H groups in total. The van der Waals surface area contributed by atoms with Gasteiger partial charge < -0.3 is 13.9 Å². The second-order valence-electron chi connectivity index (χ2n) is 15.0. The molecule has 0 spiro atoms. The third-order valence-corrected chi connectivity index (χ3v) is 10.8. The van der Waals surface area contributed by atoms with Crippen molar-refractivity contribution in [3.8, 4) is 50.9 Å². The van der Waals surface area contributed by atoms with Crippen molar-refractivity contribution in [2.24, 2.45) is 0 Å².